The smallest absolute Gasteiger partial charge is 0.273 e. The van der Waals surface area contributed by atoms with E-state index in [1.807, 2.05) is 78.9 Å². The molecule has 0 atom stereocenters. The van der Waals surface area contributed by atoms with E-state index in [0.29, 0.717) is 12.2 Å². The first kappa shape index (κ1) is 19.2. The van der Waals surface area contributed by atoms with Crippen LogP contribution in [0.5, 0.6) is 5.75 Å². The van der Waals surface area contributed by atoms with Crippen LogP contribution in [0.3, 0.4) is 0 Å². The fraction of sp³-hybridized carbons (Fsp3) is 0.130. The first-order valence-corrected chi connectivity index (χ1v) is 8.93. The molecule has 142 valence electrons. The maximum absolute atomic E-state index is 12.2. The van der Waals surface area contributed by atoms with E-state index in [0.717, 1.165) is 22.4 Å². The van der Waals surface area contributed by atoms with Gasteiger partial charge in [0.2, 0.25) is 0 Å². The number of ether oxygens (including phenoxy) is 1. The molecule has 0 saturated heterocycles. The van der Waals surface area contributed by atoms with Gasteiger partial charge >= 0.3 is 0 Å². The molecule has 0 aliphatic heterocycles. The van der Waals surface area contributed by atoms with E-state index >= 15 is 0 Å². The highest BCUT2D eigenvalue weighted by Gasteiger charge is 2.17. The van der Waals surface area contributed by atoms with Crippen LogP contribution in [0.25, 0.3) is 11.1 Å². The van der Waals surface area contributed by atoms with Gasteiger partial charge in [-0.2, -0.15) is 0 Å². The Morgan fingerprint density at radius 3 is 2.36 bits per heavy atom. The molecule has 0 unspecified atom stereocenters. The van der Waals surface area contributed by atoms with Gasteiger partial charge in [-0.15, -0.1) is 0 Å². The number of hydrogen-bond donors (Lipinski definition) is 1. The zero-order chi connectivity index (χ0) is 19.8. The van der Waals surface area contributed by atoms with Gasteiger partial charge in [-0.25, -0.2) is 0 Å². The Labute approximate surface area is 164 Å². The van der Waals surface area contributed by atoms with E-state index in [2.05, 4.69) is 10.5 Å². The molecule has 3 aromatic carbocycles. The number of carbonyl (C=O) groups is 1. The summed E-state index contributed by atoms with van der Waals surface area (Å²) in [5, 5.41) is 6.48. The molecule has 28 heavy (non-hydrogen) atoms. The van der Waals surface area contributed by atoms with E-state index in [-0.39, 0.29) is 11.6 Å². The summed E-state index contributed by atoms with van der Waals surface area (Å²) in [6, 6.07) is 25.5. The maximum Gasteiger partial charge on any atom is 0.273 e. The standard InChI is InChI=1S/C23H22N2O3/c1-24-23(26)22(25-27-2)20-14-7-6-12-18(20)16-28-21-15-9-8-13-19(21)17-10-4-3-5-11-17/h3-15H,16H2,1-2H3,(H,24,26)/b25-22-. The molecule has 5 nitrogen and oxygen atoms in total. The molecule has 0 fully saturated rings. The number of benzene rings is 3. The molecule has 3 aromatic rings. The Balaban J connectivity index is 1.89. The number of amides is 1. The molecular formula is C23H22N2O3. The van der Waals surface area contributed by atoms with E-state index in [9.17, 15) is 4.79 Å². The quantitative estimate of drug-likeness (QED) is 0.502. The molecule has 0 saturated carbocycles. The van der Waals surface area contributed by atoms with Crippen molar-refractivity contribution in [1.82, 2.24) is 5.32 Å². The molecule has 1 N–H and O–H groups in total. The van der Waals surface area contributed by atoms with E-state index in [1.165, 1.54) is 7.11 Å². The van der Waals surface area contributed by atoms with Crippen molar-refractivity contribution in [3.8, 4) is 16.9 Å². The molecule has 0 bridgehead atoms. The molecule has 0 aromatic heterocycles. The Bertz CT molecular complexity index is 968. The summed E-state index contributed by atoms with van der Waals surface area (Å²) in [6.45, 7) is 0.291. The predicted molar refractivity (Wildman–Crippen MR) is 110 cm³/mol. The minimum atomic E-state index is -0.320. The maximum atomic E-state index is 12.2. The second kappa shape index (κ2) is 9.37. The van der Waals surface area contributed by atoms with Crippen LogP contribution < -0.4 is 10.1 Å². The molecule has 0 aliphatic carbocycles. The minimum Gasteiger partial charge on any atom is -0.488 e. The average molecular weight is 374 g/mol. The molecule has 0 spiro atoms. The normalized spacial score (nSPS) is 11.0. The second-order valence-corrected chi connectivity index (χ2v) is 6.01. The molecule has 5 heteroatoms. The summed E-state index contributed by atoms with van der Waals surface area (Å²) in [6.07, 6.45) is 0. The predicted octanol–water partition coefficient (Wildman–Crippen LogP) is 4.03. The van der Waals surface area contributed by atoms with Crippen LogP contribution in [0.2, 0.25) is 0 Å². The van der Waals surface area contributed by atoms with Gasteiger partial charge in [0.1, 0.15) is 19.5 Å². The molecule has 0 radical (unpaired) electrons. The minimum absolute atomic E-state index is 0.209. The van der Waals surface area contributed by atoms with E-state index in [4.69, 9.17) is 9.57 Å². The van der Waals surface area contributed by atoms with E-state index in [1.54, 1.807) is 7.05 Å². The van der Waals surface area contributed by atoms with Crippen LogP contribution in [0, 0.1) is 0 Å². The lowest BCUT2D eigenvalue weighted by Gasteiger charge is -2.14. The summed E-state index contributed by atoms with van der Waals surface area (Å²) < 4.78 is 6.13. The molecule has 3 rings (SSSR count). The molecular weight excluding hydrogens is 352 g/mol. The fourth-order valence-electron chi connectivity index (χ4n) is 2.90. The Morgan fingerprint density at radius 2 is 1.61 bits per heavy atom. The van der Waals surface area contributed by atoms with Crippen molar-refractivity contribution >= 4 is 11.6 Å². The summed E-state index contributed by atoms with van der Waals surface area (Å²) in [4.78, 5) is 17.1. The Kier molecular flexibility index (Phi) is 6.41. The summed E-state index contributed by atoms with van der Waals surface area (Å²) in [7, 11) is 2.97. The third-order valence-electron chi connectivity index (χ3n) is 4.25. The van der Waals surface area contributed by atoms with Gasteiger partial charge in [0, 0.05) is 18.2 Å². The fourth-order valence-corrected chi connectivity index (χ4v) is 2.90. The van der Waals surface area contributed by atoms with E-state index < -0.39 is 0 Å². The van der Waals surface area contributed by atoms with Crippen LogP contribution in [-0.4, -0.2) is 25.8 Å². The number of nitrogens with zero attached hydrogens (tertiary/aromatic N) is 1. The monoisotopic (exact) mass is 374 g/mol. The lowest BCUT2D eigenvalue weighted by molar-refractivity contribution is -0.114. The van der Waals surface area contributed by atoms with Gasteiger partial charge < -0.3 is 14.9 Å². The topological polar surface area (TPSA) is 59.9 Å². The zero-order valence-corrected chi connectivity index (χ0v) is 15.9. The summed E-state index contributed by atoms with van der Waals surface area (Å²) >= 11 is 0. The molecule has 0 heterocycles. The second-order valence-electron chi connectivity index (χ2n) is 6.01. The average Bonchev–Trinajstić information content (AvgIpc) is 2.76. The van der Waals surface area contributed by atoms with Gasteiger partial charge in [0.25, 0.3) is 5.91 Å². The highest BCUT2D eigenvalue weighted by Crippen LogP contribution is 2.30. The number of rotatable bonds is 7. The van der Waals surface area contributed by atoms with Crippen molar-refractivity contribution in [1.29, 1.82) is 0 Å². The van der Waals surface area contributed by atoms with Gasteiger partial charge in [-0.1, -0.05) is 78.0 Å². The van der Waals surface area contributed by atoms with Crippen molar-refractivity contribution < 1.29 is 14.4 Å². The van der Waals surface area contributed by atoms with Crippen molar-refractivity contribution in [2.75, 3.05) is 14.2 Å². The third kappa shape index (κ3) is 4.38. The number of likely N-dealkylation sites (N-methyl/N-ethyl adjacent to an activating group) is 1. The largest absolute Gasteiger partial charge is 0.488 e. The van der Waals surface area contributed by atoms with Gasteiger partial charge in [0.15, 0.2) is 5.71 Å². The zero-order valence-electron chi connectivity index (χ0n) is 15.9. The SMILES string of the molecule is CNC(=O)/C(=N\OC)c1ccccc1COc1ccccc1-c1ccccc1. The molecule has 1 amide bonds. The first-order valence-electron chi connectivity index (χ1n) is 8.93. The van der Waals surface area contributed by atoms with Crippen LogP contribution >= 0.6 is 0 Å². The Morgan fingerprint density at radius 1 is 0.929 bits per heavy atom. The van der Waals surface area contributed by atoms with Crippen molar-refractivity contribution in [3.63, 3.8) is 0 Å². The lowest BCUT2D eigenvalue weighted by Crippen LogP contribution is -2.29. The van der Waals surface area contributed by atoms with Crippen LogP contribution in [0.15, 0.2) is 84.0 Å². The number of para-hydroxylation sites is 1. The Hall–Kier alpha value is -3.60. The van der Waals surface area contributed by atoms with Crippen molar-refractivity contribution in [2.24, 2.45) is 5.16 Å². The number of nitrogens with one attached hydrogen (secondary N) is 1. The lowest BCUT2D eigenvalue weighted by atomic mass is 10.0. The van der Waals surface area contributed by atoms with Gasteiger partial charge in [-0.3, -0.25) is 4.79 Å². The van der Waals surface area contributed by atoms with Crippen LogP contribution in [0.4, 0.5) is 0 Å². The number of hydrogen-bond acceptors (Lipinski definition) is 4. The first-order chi connectivity index (χ1) is 13.7. The summed E-state index contributed by atoms with van der Waals surface area (Å²) in [5.74, 6) is 0.452. The summed E-state index contributed by atoms with van der Waals surface area (Å²) in [5.41, 5.74) is 3.81. The highest BCUT2D eigenvalue weighted by atomic mass is 16.6. The van der Waals surface area contributed by atoms with Crippen LogP contribution in [0.1, 0.15) is 11.1 Å². The molecule has 0 aliphatic rings. The van der Waals surface area contributed by atoms with Crippen molar-refractivity contribution in [2.45, 2.75) is 6.61 Å². The highest BCUT2D eigenvalue weighted by molar-refractivity contribution is 6.45. The van der Waals surface area contributed by atoms with Gasteiger partial charge in [0.05, 0.1) is 0 Å². The van der Waals surface area contributed by atoms with Crippen LogP contribution in [-0.2, 0) is 16.2 Å². The van der Waals surface area contributed by atoms with Crippen molar-refractivity contribution in [3.05, 3.63) is 90.0 Å². The number of carbonyl (C=O) groups excluding carboxylic acids is 1. The third-order valence-corrected chi connectivity index (χ3v) is 4.25. The van der Waals surface area contributed by atoms with Gasteiger partial charge in [-0.05, 0) is 17.2 Å². The number of oxime groups is 1.